The zero-order valence-electron chi connectivity index (χ0n) is 12.9. The third kappa shape index (κ3) is 4.99. The number of nitrogens with zero attached hydrogens (tertiary/aromatic N) is 2. The summed E-state index contributed by atoms with van der Waals surface area (Å²) in [6, 6.07) is 5.55. The maximum Gasteiger partial charge on any atom is 0.238 e. The van der Waals surface area contributed by atoms with Crippen LogP contribution >= 0.6 is 11.6 Å². The lowest BCUT2D eigenvalue weighted by Gasteiger charge is -2.34. The molecule has 1 aromatic carbocycles. The van der Waals surface area contributed by atoms with Gasteiger partial charge < -0.3 is 10.2 Å². The van der Waals surface area contributed by atoms with Crippen LogP contribution in [-0.2, 0) is 4.79 Å². The molecule has 1 N–H and O–H groups in total. The van der Waals surface area contributed by atoms with Gasteiger partial charge in [-0.2, -0.15) is 0 Å². The Labute approximate surface area is 132 Å². The second kappa shape index (κ2) is 7.78. The number of rotatable bonds is 5. The molecule has 1 saturated heterocycles. The summed E-state index contributed by atoms with van der Waals surface area (Å²) in [5.41, 5.74) is 1.83. The van der Waals surface area contributed by atoms with Gasteiger partial charge in [-0.3, -0.25) is 9.69 Å². The summed E-state index contributed by atoms with van der Waals surface area (Å²) in [6.07, 6.45) is 1.19. The maximum atomic E-state index is 12.1. The van der Waals surface area contributed by atoms with Gasteiger partial charge in [0.25, 0.3) is 0 Å². The molecule has 0 aliphatic carbocycles. The molecule has 1 aliphatic heterocycles. The summed E-state index contributed by atoms with van der Waals surface area (Å²) in [4.78, 5) is 16.8. The molecule has 5 heteroatoms. The highest BCUT2D eigenvalue weighted by Gasteiger charge is 2.18. The second-order valence-electron chi connectivity index (χ2n) is 5.63. The predicted molar refractivity (Wildman–Crippen MR) is 88.0 cm³/mol. The summed E-state index contributed by atoms with van der Waals surface area (Å²) >= 11 is 5.97. The third-order valence-electron chi connectivity index (χ3n) is 3.85. The van der Waals surface area contributed by atoms with Crippen LogP contribution in [0.4, 0.5) is 5.69 Å². The first kappa shape index (κ1) is 16.3. The van der Waals surface area contributed by atoms with Crippen LogP contribution in [0.15, 0.2) is 18.2 Å². The molecule has 1 amide bonds. The van der Waals surface area contributed by atoms with E-state index < -0.39 is 0 Å². The van der Waals surface area contributed by atoms with Crippen molar-refractivity contribution in [1.82, 2.24) is 9.80 Å². The van der Waals surface area contributed by atoms with Crippen LogP contribution in [0.1, 0.15) is 18.9 Å². The topological polar surface area (TPSA) is 35.6 Å². The van der Waals surface area contributed by atoms with Gasteiger partial charge in [-0.1, -0.05) is 24.6 Å². The largest absolute Gasteiger partial charge is 0.325 e. The standard InChI is InChI=1S/C16H24ClN3O/c1-3-6-19-7-9-20(10-8-19)12-16(21)18-15-11-14(17)5-4-13(15)2/h4-5,11H,3,6-10,12H2,1-2H3,(H,18,21). The fraction of sp³-hybridized carbons (Fsp3) is 0.562. The van der Waals surface area contributed by atoms with Crippen molar-refractivity contribution in [2.75, 3.05) is 44.6 Å². The minimum Gasteiger partial charge on any atom is -0.325 e. The Balaban J connectivity index is 1.81. The van der Waals surface area contributed by atoms with Crippen LogP contribution in [0.2, 0.25) is 5.02 Å². The van der Waals surface area contributed by atoms with Crippen LogP contribution in [0.25, 0.3) is 0 Å². The number of carbonyl (C=O) groups excluding carboxylic acids is 1. The number of hydrogen-bond donors (Lipinski definition) is 1. The molecule has 0 spiro atoms. The summed E-state index contributed by atoms with van der Waals surface area (Å²) in [7, 11) is 0. The molecular formula is C16H24ClN3O. The highest BCUT2D eigenvalue weighted by atomic mass is 35.5. The molecule has 1 heterocycles. The van der Waals surface area contributed by atoms with E-state index in [-0.39, 0.29) is 5.91 Å². The maximum absolute atomic E-state index is 12.1. The summed E-state index contributed by atoms with van der Waals surface area (Å²) < 4.78 is 0. The van der Waals surface area contributed by atoms with Crippen molar-refractivity contribution in [3.63, 3.8) is 0 Å². The zero-order valence-corrected chi connectivity index (χ0v) is 13.6. The van der Waals surface area contributed by atoms with Gasteiger partial charge >= 0.3 is 0 Å². The number of anilines is 1. The highest BCUT2D eigenvalue weighted by molar-refractivity contribution is 6.31. The van der Waals surface area contributed by atoms with Gasteiger partial charge in [0, 0.05) is 36.9 Å². The first-order valence-electron chi connectivity index (χ1n) is 7.59. The van der Waals surface area contributed by atoms with Crippen molar-refractivity contribution >= 4 is 23.2 Å². The second-order valence-corrected chi connectivity index (χ2v) is 6.06. The minimum atomic E-state index is 0.0318. The van der Waals surface area contributed by atoms with E-state index in [0.717, 1.165) is 44.0 Å². The van der Waals surface area contributed by atoms with E-state index in [1.807, 2.05) is 19.1 Å². The number of benzene rings is 1. The molecule has 0 saturated carbocycles. The number of carbonyl (C=O) groups is 1. The third-order valence-corrected chi connectivity index (χ3v) is 4.08. The number of hydrogen-bond acceptors (Lipinski definition) is 3. The number of nitrogens with one attached hydrogen (secondary N) is 1. The Hall–Kier alpha value is -1.10. The van der Waals surface area contributed by atoms with Gasteiger partial charge in [0.2, 0.25) is 5.91 Å². The van der Waals surface area contributed by atoms with Crippen molar-refractivity contribution in [3.8, 4) is 0 Å². The smallest absolute Gasteiger partial charge is 0.238 e. The van der Waals surface area contributed by atoms with Crippen molar-refractivity contribution < 1.29 is 4.79 Å². The molecule has 21 heavy (non-hydrogen) atoms. The summed E-state index contributed by atoms with van der Waals surface area (Å²) in [5.74, 6) is 0.0318. The van der Waals surface area contributed by atoms with Gasteiger partial charge in [0.05, 0.1) is 6.54 Å². The minimum absolute atomic E-state index is 0.0318. The molecule has 2 rings (SSSR count). The summed E-state index contributed by atoms with van der Waals surface area (Å²) in [5, 5.41) is 3.60. The highest BCUT2D eigenvalue weighted by Crippen LogP contribution is 2.20. The van der Waals surface area contributed by atoms with Crippen molar-refractivity contribution in [2.24, 2.45) is 0 Å². The predicted octanol–water partition coefficient (Wildman–Crippen LogP) is 2.61. The monoisotopic (exact) mass is 309 g/mol. The Kier molecular flexibility index (Phi) is 6.03. The van der Waals surface area contributed by atoms with Crippen LogP contribution < -0.4 is 5.32 Å². The molecule has 0 radical (unpaired) electrons. The average molecular weight is 310 g/mol. The molecule has 0 aromatic heterocycles. The number of aryl methyl sites for hydroxylation is 1. The van der Waals surface area contributed by atoms with Crippen LogP contribution in [0.3, 0.4) is 0 Å². The molecule has 1 fully saturated rings. The van der Waals surface area contributed by atoms with E-state index in [1.54, 1.807) is 6.07 Å². The fourth-order valence-corrected chi connectivity index (χ4v) is 2.78. The molecule has 4 nitrogen and oxygen atoms in total. The number of halogens is 1. The lowest BCUT2D eigenvalue weighted by molar-refractivity contribution is -0.117. The molecule has 1 aliphatic rings. The molecular weight excluding hydrogens is 286 g/mol. The van der Waals surface area contributed by atoms with E-state index in [4.69, 9.17) is 11.6 Å². The van der Waals surface area contributed by atoms with Crippen molar-refractivity contribution in [1.29, 1.82) is 0 Å². The Morgan fingerprint density at radius 1 is 1.24 bits per heavy atom. The van der Waals surface area contributed by atoms with E-state index in [2.05, 4.69) is 22.0 Å². The van der Waals surface area contributed by atoms with Gasteiger partial charge in [-0.05, 0) is 37.6 Å². The summed E-state index contributed by atoms with van der Waals surface area (Å²) in [6.45, 7) is 9.80. The lowest BCUT2D eigenvalue weighted by Crippen LogP contribution is -2.48. The van der Waals surface area contributed by atoms with Crippen LogP contribution in [0, 0.1) is 6.92 Å². The normalized spacial score (nSPS) is 16.9. The van der Waals surface area contributed by atoms with Gasteiger partial charge in [-0.25, -0.2) is 0 Å². The molecule has 0 unspecified atom stereocenters. The molecule has 1 aromatic rings. The number of amides is 1. The molecule has 116 valence electrons. The average Bonchev–Trinajstić information content (AvgIpc) is 2.45. The van der Waals surface area contributed by atoms with Gasteiger partial charge in [-0.15, -0.1) is 0 Å². The van der Waals surface area contributed by atoms with Gasteiger partial charge in [0.1, 0.15) is 0 Å². The van der Waals surface area contributed by atoms with E-state index >= 15 is 0 Å². The van der Waals surface area contributed by atoms with Crippen LogP contribution in [0.5, 0.6) is 0 Å². The fourth-order valence-electron chi connectivity index (χ4n) is 2.61. The Bertz CT molecular complexity index is 484. The quantitative estimate of drug-likeness (QED) is 0.908. The van der Waals surface area contributed by atoms with E-state index in [1.165, 1.54) is 6.42 Å². The van der Waals surface area contributed by atoms with Crippen molar-refractivity contribution in [3.05, 3.63) is 28.8 Å². The first-order chi connectivity index (χ1) is 10.1. The SMILES string of the molecule is CCCN1CCN(CC(=O)Nc2cc(Cl)ccc2C)CC1. The first-order valence-corrected chi connectivity index (χ1v) is 7.97. The van der Waals surface area contributed by atoms with Gasteiger partial charge in [0.15, 0.2) is 0 Å². The van der Waals surface area contributed by atoms with E-state index in [9.17, 15) is 4.79 Å². The lowest BCUT2D eigenvalue weighted by atomic mass is 10.2. The Morgan fingerprint density at radius 3 is 2.57 bits per heavy atom. The zero-order chi connectivity index (χ0) is 15.2. The molecule has 0 bridgehead atoms. The van der Waals surface area contributed by atoms with Crippen LogP contribution in [-0.4, -0.2) is 55.0 Å². The van der Waals surface area contributed by atoms with E-state index in [0.29, 0.717) is 11.6 Å². The Morgan fingerprint density at radius 2 is 1.90 bits per heavy atom. The molecule has 0 atom stereocenters. The van der Waals surface area contributed by atoms with Crippen molar-refractivity contribution in [2.45, 2.75) is 20.3 Å². The number of piperazine rings is 1.